The van der Waals surface area contributed by atoms with Gasteiger partial charge in [-0.3, -0.25) is 9.10 Å². The van der Waals surface area contributed by atoms with Crippen molar-refractivity contribution in [2.45, 2.75) is 33.6 Å². The van der Waals surface area contributed by atoms with Crippen molar-refractivity contribution in [3.8, 4) is 0 Å². The number of amides is 1. The van der Waals surface area contributed by atoms with Crippen molar-refractivity contribution in [1.82, 2.24) is 0 Å². The Hall–Kier alpha value is -2.34. The standard InChI is InChI=1S/C20H26N2O3S/c1-15-10-7-11-18(17(15)3)21-20(23)13-8-14-22(26(4,24)25)19-12-6-5-9-16(19)2/h5-7,9-12H,8,13-14H2,1-4H3,(H,21,23). The first-order valence-corrected chi connectivity index (χ1v) is 10.4. The van der Waals surface area contributed by atoms with E-state index in [4.69, 9.17) is 0 Å². The van der Waals surface area contributed by atoms with E-state index in [0.717, 1.165) is 22.4 Å². The molecule has 0 spiro atoms. The zero-order valence-electron chi connectivity index (χ0n) is 15.7. The summed E-state index contributed by atoms with van der Waals surface area (Å²) in [5.74, 6) is -0.114. The molecule has 0 aromatic heterocycles. The van der Waals surface area contributed by atoms with E-state index in [1.54, 1.807) is 6.07 Å². The molecular weight excluding hydrogens is 348 g/mol. The highest BCUT2D eigenvalue weighted by atomic mass is 32.2. The molecule has 5 nitrogen and oxygen atoms in total. The van der Waals surface area contributed by atoms with Crippen LogP contribution in [0, 0.1) is 20.8 Å². The zero-order chi connectivity index (χ0) is 19.3. The molecule has 0 saturated heterocycles. The predicted octanol–water partition coefficient (Wildman–Crippen LogP) is 3.80. The van der Waals surface area contributed by atoms with Gasteiger partial charge in [-0.1, -0.05) is 30.3 Å². The Bertz CT molecular complexity index is 892. The summed E-state index contributed by atoms with van der Waals surface area (Å²) in [4.78, 5) is 12.2. The number of carbonyl (C=O) groups excluding carboxylic acids is 1. The smallest absolute Gasteiger partial charge is 0.232 e. The molecule has 1 N–H and O–H groups in total. The molecule has 1 amide bonds. The van der Waals surface area contributed by atoms with Crippen LogP contribution in [0.4, 0.5) is 11.4 Å². The number of sulfonamides is 1. The Kier molecular flexibility index (Phi) is 6.42. The second-order valence-corrected chi connectivity index (χ2v) is 8.43. The first-order valence-electron chi connectivity index (χ1n) is 8.59. The third-order valence-electron chi connectivity index (χ3n) is 4.43. The van der Waals surface area contributed by atoms with Crippen molar-refractivity contribution in [1.29, 1.82) is 0 Å². The number of benzene rings is 2. The van der Waals surface area contributed by atoms with Gasteiger partial charge >= 0.3 is 0 Å². The molecular formula is C20H26N2O3S. The summed E-state index contributed by atoms with van der Waals surface area (Å²) in [5, 5.41) is 2.91. The molecule has 0 fully saturated rings. The van der Waals surface area contributed by atoms with Crippen molar-refractivity contribution in [3.05, 3.63) is 59.2 Å². The van der Waals surface area contributed by atoms with Crippen molar-refractivity contribution in [3.63, 3.8) is 0 Å². The van der Waals surface area contributed by atoms with Crippen LogP contribution in [0.3, 0.4) is 0 Å². The number of anilines is 2. The van der Waals surface area contributed by atoms with Gasteiger partial charge in [-0.2, -0.15) is 0 Å². The summed E-state index contributed by atoms with van der Waals surface area (Å²) in [7, 11) is -3.41. The van der Waals surface area contributed by atoms with E-state index < -0.39 is 10.0 Å². The van der Waals surface area contributed by atoms with E-state index in [1.165, 1.54) is 10.6 Å². The average molecular weight is 375 g/mol. The number of aryl methyl sites for hydroxylation is 2. The van der Waals surface area contributed by atoms with Crippen molar-refractivity contribution >= 4 is 27.3 Å². The van der Waals surface area contributed by atoms with Gasteiger partial charge in [-0.15, -0.1) is 0 Å². The lowest BCUT2D eigenvalue weighted by Crippen LogP contribution is -2.32. The molecule has 0 unspecified atom stereocenters. The lowest BCUT2D eigenvalue weighted by molar-refractivity contribution is -0.116. The fourth-order valence-electron chi connectivity index (χ4n) is 2.79. The summed E-state index contributed by atoms with van der Waals surface area (Å²) in [6.07, 6.45) is 1.89. The van der Waals surface area contributed by atoms with Crippen LogP contribution in [0.1, 0.15) is 29.5 Å². The molecule has 2 rings (SSSR count). The Morgan fingerprint density at radius 3 is 2.31 bits per heavy atom. The topological polar surface area (TPSA) is 66.5 Å². The van der Waals surface area contributed by atoms with E-state index in [9.17, 15) is 13.2 Å². The zero-order valence-corrected chi connectivity index (χ0v) is 16.6. The number of hydrogen-bond donors (Lipinski definition) is 1. The number of nitrogens with zero attached hydrogens (tertiary/aromatic N) is 1. The molecule has 6 heteroatoms. The maximum atomic E-state index is 12.2. The van der Waals surface area contributed by atoms with Crippen LogP contribution < -0.4 is 9.62 Å². The lowest BCUT2D eigenvalue weighted by atomic mass is 10.1. The predicted molar refractivity (Wildman–Crippen MR) is 107 cm³/mol. The maximum absolute atomic E-state index is 12.2. The molecule has 0 aliphatic heterocycles. The SMILES string of the molecule is Cc1ccccc1N(CCCC(=O)Nc1cccc(C)c1C)S(C)(=O)=O. The molecule has 2 aromatic carbocycles. The van der Waals surface area contributed by atoms with Gasteiger partial charge in [0, 0.05) is 18.7 Å². The summed E-state index contributed by atoms with van der Waals surface area (Å²) < 4.78 is 25.7. The van der Waals surface area contributed by atoms with E-state index in [1.807, 2.05) is 57.2 Å². The van der Waals surface area contributed by atoms with Crippen molar-refractivity contribution in [2.24, 2.45) is 0 Å². The number of hydrogen-bond acceptors (Lipinski definition) is 3. The molecule has 0 heterocycles. The summed E-state index contributed by atoms with van der Waals surface area (Å²) in [6.45, 7) is 6.11. The van der Waals surface area contributed by atoms with E-state index in [2.05, 4.69) is 5.32 Å². The summed E-state index contributed by atoms with van der Waals surface area (Å²) >= 11 is 0. The Balaban J connectivity index is 2.01. The van der Waals surface area contributed by atoms with Crippen LogP contribution in [-0.4, -0.2) is 27.1 Å². The molecule has 26 heavy (non-hydrogen) atoms. The van der Waals surface area contributed by atoms with Crippen LogP contribution in [0.25, 0.3) is 0 Å². The van der Waals surface area contributed by atoms with Gasteiger partial charge in [0.2, 0.25) is 15.9 Å². The monoisotopic (exact) mass is 374 g/mol. The molecule has 0 aliphatic rings. The van der Waals surface area contributed by atoms with Crippen LogP contribution in [0.2, 0.25) is 0 Å². The number of para-hydroxylation sites is 1. The Morgan fingerprint density at radius 1 is 1.00 bits per heavy atom. The highest BCUT2D eigenvalue weighted by Gasteiger charge is 2.19. The molecule has 0 aliphatic carbocycles. The molecule has 0 atom stereocenters. The quantitative estimate of drug-likeness (QED) is 0.802. The minimum Gasteiger partial charge on any atom is -0.326 e. The Morgan fingerprint density at radius 2 is 1.65 bits per heavy atom. The van der Waals surface area contributed by atoms with E-state index in [0.29, 0.717) is 12.1 Å². The largest absolute Gasteiger partial charge is 0.326 e. The molecule has 2 aromatic rings. The fourth-order valence-corrected chi connectivity index (χ4v) is 3.81. The first kappa shape index (κ1) is 20.0. The van der Waals surface area contributed by atoms with E-state index >= 15 is 0 Å². The van der Waals surface area contributed by atoms with Crippen molar-refractivity contribution < 1.29 is 13.2 Å². The van der Waals surface area contributed by atoms with Gasteiger partial charge < -0.3 is 5.32 Å². The van der Waals surface area contributed by atoms with E-state index in [-0.39, 0.29) is 18.9 Å². The van der Waals surface area contributed by atoms with Crippen molar-refractivity contribution in [2.75, 3.05) is 22.4 Å². The number of rotatable bonds is 7. The van der Waals surface area contributed by atoms with Crippen LogP contribution in [0.15, 0.2) is 42.5 Å². The van der Waals surface area contributed by atoms with Gasteiger partial charge in [-0.25, -0.2) is 8.42 Å². The van der Waals surface area contributed by atoms with Gasteiger partial charge in [0.1, 0.15) is 0 Å². The third-order valence-corrected chi connectivity index (χ3v) is 5.61. The average Bonchev–Trinajstić information content (AvgIpc) is 2.56. The maximum Gasteiger partial charge on any atom is 0.232 e. The normalized spacial score (nSPS) is 11.2. The minimum atomic E-state index is -3.41. The van der Waals surface area contributed by atoms with Gasteiger partial charge in [-0.05, 0) is 56.0 Å². The third kappa shape index (κ3) is 5.08. The second kappa shape index (κ2) is 8.36. The molecule has 140 valence electrons. The van der Waals surface area contributed by atoms with Gasteiger partial charge in [0.05, 0.1) is 11.9 Å². The fraction of sp³-hybridized carbons (Fsp3) is 0.350. The molecule has 0 bridgehead atoms. The van der Waals surface area contributed by atoms with Crippen LogP contribution in [-0.2, 0) is 14.8 Å². The second-order valence-electron chi connectivity index (χ2n) is 6.52. The highest BCUT2D eigenvalue weighted by molar-refractivity contribution is 7.92. The molecule has 0 saturated carbocycles. The number of nitrogens with one attached hydrogen (secondary N) is 1. The first-order chi connectivity index (χ1) is 12.2. The van der Waals surface area contributed by atoms with Gasteiger partial charge in [0.15, 0.2) is 0 Å². The van der Waals surface area contributed by atoms with Crippen LogP contribution >= 0.6 is 0 Å². The lowest BCUT2D eigenvalue weighted by Gasteiger charge is -2.24. The summed E-state index contributed by atoms with van der Waals surface area (Å²) in [6, 6.07) is 13.1. The molecule has 0 radical (unpaired) electrons. The Labute approximate surface area is 156 Å². The highest BCUT2D eigenvalue weighted by Crippen LogP contribution is 2.23. The minimum absolute atomic E-state index is 0.114. The van der Waals surface area contributed by atoms with Gasteiger partial charge in [0.25, 0.3) is 0 Å². The van der Waals surface area contributed by atoms with Crippen LogP contribution in [0.5, 0.6) is 0 Å². The number of carbonyl (C=O) groups is 1. The summed E-state index contributed by atoms with van der Waals surface area (Å²) in [5.41, 5.74) is 4.50.